The summed E-state index contributed by atoms with van der Waals surface area (Å²) in [6, 6.07) is 18.6. The van der Waals surface area contributed by atoms with Gasteiger partial charge in [-0.15, -0.1) is 0 Å². The molecule has 0 saturated heterocycles. The van der Waals surface area contributed by atoms with Crippen molar-refractivity contribution in [1.29, 1.82) is 0 Å². The van der Waals surface area contributed by atoms with E-state index in [0.717, 1.165) is 16.0 Å². The molecule has 0 spiro atoms. The number of amides is 2. The van der Waals surface area contributed by atoms with Crippen LogP contribution in [0, 0.1) is 13.8 Å². The van der Waals surface area contributed by atoms with Crippen molar-refractivity contribution in [2.75, 3.05) is 0 Å². The number of aryl methyl sites for hydroxylation is 2. The van der Waals surface area contributed by atoms with E-state index in [1.54, 1.807) is 36.4 Å². The average Bonchev–Trinajstić information content (AvgIpc) is 3.08. The number of carbonyl (C=O) groups excluding carboxylic acids is 1. The number of benzene rings is 3. The Hall–Kier alpha value is -3.94. The molecule has 8 heteroatoms. The number of alkyl halides is 3. The lowest BCUT2D eigenvalue weighted by atomic mass is 9.95. The first-order chi connectivity index (χ1) is 15.7. The molecule has 1 atom stereocenters. The van der Waals surface area contributed by atoms with Crippen LogP contribution in [0.3, 0.4) is 0 Å². The first-order valence-corrected chi connectivity index (χ1v) is 10.3. The molecule has 5 nitrogen and oxygen atoms in total. The van der Waals surface area contributed by atoms with Gasteiger partial charge in [-0.2, -0.15) is 18.2 Å². The number of hydrogen-bond donors (Lipinski definition) is 1. The maximum atomic E-state index is 15.0. The fourth-order valence-electron chi connectivity index (χ4n) is 4.37. The molecule has 3 aromatic carbocycles. The third-order valence-electron chi connectivity index (χ3n) is 5.84. The number of carbonyl (C=O) groups is 1. The van der Waals surface area contributed by atoms with Crippen molar-refractivity contribution in [3.63, 3.8) is 0 Å². The van der Waals surface area contributed by atoms with E-state index in [2.05, 4.69) is 10.3 Å². The lowest BCUT2D eigenvalue weighted by Gasteiger charge is -2.46. The third-order valence-corrected chi connectivity index (χ3v) is 5.84. The molecule has 5 rings (SSSR count). The predicted octanol–water partition coefficient (Wildman–Crippen LogP) is 5.58. The third kappa shape index (κ3) is 3.13. The van der Waals surface area contributed by atoms with Crippen LogP contribution < -0.4 is 5.32 Å². The van der Waals surface area contributed by atoms with Gasteiger partial charge in [0.05, 0.1) is 5.69 Å². The average molecular weight is 448 g/mol. The lowest BCUT2D eigenvalue weighted by molar-refractivity contribution is -0.223. The second-order valence-corrected chi connectivity index (χ2v) is 8.05. The standard InChI is InChI=1S/C25H19F3N4O/c1-15-12-13-20(16(2)14-15)29-21-18-10-6-7-11-19(18)22-30-23(33)31-24(32(21)22,25(26,27)28)17-8-4-3-5-9-17/h3-14H,1-2H3,(H,31,33). The Kier molecular flexibility index (Phi) is 4.63. The van der Waals surface area contributed by atoms with Crippen LogP contribution >= 0.6 is 0 Å². The van der Waals surface area contributed by atoms with E-state index < -0.39 is 17.9 Å². The molecule has 0 fully saturated rings. The zero-order valence-corrected chi connectivity index (χ0v) is 17.8. The predicted molar refractivity (Wildman–Crippen MR) is 120 cm³/mol. The van der Waals surface area contributed by atoms with Crippen molar-refractivity contribution in [3.8, 4) is 0 Å². The number of fused-ring (bicyclic) bond motifs is 3. The Labute approximate surface area is 188 Å². The molecule has 2 aliphatic rings. The molecule has 0 saturated carbocycles. The summed E-state index contributed by atoms with van der Waals surface area (Å²) in [6.07, 6.45) is -4.89. The summed E-state index contributed by atoms with van der Waals surface area (Å²) in [7, 11) is 0. The van der Waals surface area contributed by atoms with E-state index in [-0.39, 0.29) is 17.2 Å². The fraction of sp³-hybridized carbons (Fsp3) is 0.160. The number of aliphatic imine (C=N–C) groups is 2. The summed E-state index contributed by atoms with van der Waals surface area (Å²) >= 11 is 0. The van der Waals surface area contributed by atoms with E-state index in [1.165, 1.54) is 24.3 Å². The van der Waals surface area contributed by atoms with Crippen molar-refractivity contribution in [2.24, 2.45) is 9.98 Å². The largest absolute Gasteiger partial charge is 0.435 e. The zero-order chi connectivity index (χ0) is 23.4. The molecule has 3 aromatic rings. The first-order valence-electron chi connectivity index (χ1n) is 10.3. The van der Waals surface area contributed by atoms with Crippen LogP contribution in [0.25, 0.3) is 0 Å². The number of amidine groups is 2. The quantitative estimate of drug-likeness (QED) is 0.556. The number of hydrogen-bond acceptors (Lipinski definition) is 2. The summed E-state index contributed by atoms with van der Waals surface area (Å²) in [5, 5.41) is 2.13. The molecule has 0 radical (unpaired) electrons. The minimum absolute atomic E-state index is 0.0671. The smallest absolute Gasteiger partial charge is 0.301 e. The molecule has 1 N–H and O–H groups in total. The molecule has 2 amide bonds. The molecule has 0 aromatic heterocycles. The Balaban J connectivity index is 1.85. The Bertz CT molecular complexity index is 1330. The molecule has 1 unspecified atom stereocenters. The molecule has 2 heterocycles. The highest BCUT2D eigenvalue weighted by molar-refractivity contribution is 6.28. The number of rotatable bonds is 2. The second kappa shape index (κ2) is 7.30. The van der Waals surface area contributed by atoms with Gasteiger partial charge in [-0.25, -0.2) is 9.79 Å². The van der Waals surface area contributed by atoms with E-state index in [9.17, 15) is 18.0 Å². The SMILES string of the molecule is Cc1ccc(N=C2c3ccccc3C3=NC(=O)NC(c4ccccc4)(C(F)(F)F)N32)c(C)c1. The summed E-state index contributed by atoms with van der Waals surface area (Å²) in [6.45, 7) is 3.79. The molecule has 0 aliphatic carbocycles. The summed E-state index contributed by atoms with van der Waals surface area (Å²) < 4.78 is 45.0. The monoisotopic (exact) mass is 448 g/mol. The van der Waals surface area contributed by atoms with E-state index in [4.69, 9.17) is 4.99 Å². The van der Waals surface area contributed by atoms with Gasteiger partial charge in [0.25, 0.3) is 0 Å². The summed E-state index contributed by atoms with van der Waals surface area (Å²) in [5.74, 6) is -0.0171. The second-order valence-electron chi connectivity index (χ2n) is 8.05. The van der Waals surface area contributed by atoms with Gasteiger partial charge >= 0.3 is 12.2 Å². The normalized spacial score (nSPS) is 20.9. The van der Waals surface area contributed by atoms with Gasteiger partial charge < -0.3 is 5.32 Å². The van der Waals surface area contributed by atoms with Gasteiger partial charge in [0.15, 0.2) is 5.84 Å². The van der Waals surface area contributed by atoms with Gasteiger partial charge in [-0.1, -0.05) is 72.3 Å². The summed E-state index contributed by atoms with van der Waals surface area (Å²) in [4.78, 5) is 22.2. The van der Waals surface area contributed by atoms with Crippen molar-refractivity contribution in [3.05, 3.63) is 101 Å². The van der Waals surface area contributed by atoms with Gasteiger partial charge in [0.1, 0.15) is 5.84 Å². The maximum absolute atomic E-state index is 15.0. The molecule has 166 valence electrons. The van der Waals surface area contributed by atoms with E-state index in [0.29, 0.717) is 16.8 Å². The Morgan fingerprint density at radius 2 is 1.61 bits per heavy atom. The van der Waals surface area contributed by atoms with Crippen molar-refractivity contribution in [2.45, 2.75) is 25.7 Å². The Morgan fingerprint density at radius 3 is 2.27 bits per heavy atom. The van der Waals surface area contributed by atoms with Crippen molar-refractivity contribution in [1.82, 2.24) is 10.2 Å². The lowest BCUT2D eigenvalue weighted by Crippen LogP contribution is -2.69. The van der Waals surface area contributed by atoms with Crippen LogP contribution in [0.15, 0.2) is 82.8 Å². The van der Waals surface area contributed by atoms with Crippen LogP contribution in [-0.4, -0.2) is 28.8 Å². The minimum Gasteiger partial charge on any atom is -0.301 e. The van der Waals surface area contributed by atoms with Crippen LogP contribution in [0.4, 0.5) is 23.7 Å². The summed E-state index contributed by atoms with van der Waals surface area (Å²) in [5.41, 5.74) is 0.247. The highest BCUT2D eigenvalue weighted by Crippen LogP contribution is 2.47. The highest BCUT2D eigenvalue weighted by Gasteiger charge is 2.66. The zero-order valence-electron chi connectivity index (χ0n) is 17.8. The Morgan fingerprint density at radius 1 is 0.939 bits per heavy atom. The number of urea groups is 1. The number of halogens is 3. The van der Waals surface area contributed by atoms with Crippen molar-refractivity contribution < 1.29 is 18.0 Å². The molecule has 0 bridgehead atoms. The maximum Gasteiger partial charge on any atom is 0.435 e. The van der Waals surface area contributed by atoms with Crippen LogP contribution in [0.2, 0.25) is 0 Å². The van der Waals surface area contributed by atoms with E-state index >= 15 is 0 Å². The number of nitrogens with zero attached hydrogens (tertiary/aromatic N) is 3. The van der Waals surface area contributed by atoms with Gasteiger partial charge in [-0.05, 0) is 25.5 Å². The van der Waals surface area contributed by atoms with Gasteiger partial charge in [0, 0.05) is 16.7 Å². The van der Waals surface area contributed by atoms with Crippen LogP contribution in [0.5, 0.6) is 0 Å². The van der Waals surface area contributed by atoms with E-state index in [1.807, 2.05) is 26.0 Å². The van der Waals surface area contributed by atoms with Crippen LogP contribution in [0.1, 0.15) is 27.8 Å². The van der Waals surface area contributed by atoms with Gasteiger partial charge in [0.2, 0.25) is 5.66 Å². The molecule has 2 aliphatic heterocycles. The molecule has 33 heavy (non-hydrogen) atoms. The number of nitrogens with one attached hydrogen (secondary N) is 1. The topological polar surface area (TPSA) is 57.1 Å². The van der Waals surface area contributed by atoms with Crippen LogP contribution in [-0.2, 0) is 5.66 Å². The minimum atomic E-state index is -4.89. The molecular weight excluding hydrogens is 429 g/mol. The first kappa shape index (κ1) is 20.9. The molecular formula is C25H19F3N4O. The fourth-order valence-corrected chi connectivity index (χ4v) is 4.37. The van der Waals surface area contributed by atoms with Crippen molar-refractivity contribution >= 4 is 23.4 Å². The highest BCUT2D eigenvalue weighted by atomic mass is 19.4. The van der Waals surface area contributed by atoms with Gasteiger partial charge in [-0.3, -0.25) is 4.90 Å².